The first kappa shape index (κ1) is 19.3. The van der Waals surface area contributed by atoms with Gasteiger partial charge in [-0.25, -0.2) is 4.79 Å². The van der Waals surface area contributed by atoms with Gasteiger partial charge in [-0.15, -0.1) is 10.2 Å². The van der Waals surface area contributed by atoms with E-state index >= 15 is 0 Å². The van der Waals surface area contributed by atoms with Gasteiger partial charge in [-0.05, 0) is 35.9 Å². The van der Waals surface area contributed by atoms with Crippen molar-refractivity contribution < 1.29 is 14.3 Å². The number of hydrogen-bond donors (Lipinski definition) is 2. The SMILES string of the molecule is COC(=O)c1ccccc1Nc1ccc(C(=O)NCc2ccccc2Cl)nn1. The number of rotatable bonds is 6. The van der Waals surface area contributed by atoms with Crippen LogP contribution in [-0.2, 0) is 11.3 Å². The van der Waals surface area contributed by atoms with E-state index in [-0.39, 0.29) is 18.1 Å². The zero-order valence-corrected chi connectivity index (χ0v) is 15.7. The third-order valence-corrected chi connectivity index (χ3v) is 4.26. The first-order valence-corrected chi connectivity index (χ1v) is 8.76. The number of carbonyl (C=O) groups is 2. The Kier molecular flexibility index (Phi) is 6.18. The minimum absolute atomic E-state index is 0.166. The minimum atomic E-state index is -0.466. The fourth-order valence-corrected chi connectivity index (χ4v) is 2.65. The molecule has 1 heterocycles. The van der Waals surface area contributed by atoms with Crippen LogP contribution in [0.1, 0.15) is 26.4 Å². The molecule has 1 aromatic heterocycles. The van der Waals surface area contributed by atoms with Crippen LogP contribution in [0.4, 0.5) is 11.5 Å². The zero-order valence-electron chi connectivity index (χ0n) is 15.0. The largest absolute Gasteiger partial charge is 0.465 e. The number of para-hydroxylation sites is 1. The molecule has 0 spiro atoms. The Morgan fingerprint density at radius 3 is 2.46 bits per heavy atom. The number of anilines is 2. The molecule has 0 saturated heterocycles. The Morgan fingerprint density at radius 1 is 1.00 bits per heavy atom. The summed E-state index contributed by atoms with van der Waals surface area (Å²) in [5, 5.41) is 14.3. The predicted molar refractivity (Wildman–Crippen MR) is 106 cm³/mol. The number of nitrogens with zero attached hydrogens (tertiary/aromatic N) is 2. The van der Waals surface area contributed by atoms with Crippen molar-refractivity contribution in [1.82, 2.24) is 15.5 Å². The van der Waals surface area contributed by atoms with Crippen molar-refractivity contribution in [3.63, 3.8) is 0 Å². The topological polar surface area (TPSA) is 93.2 Å². The number of hydrogen-bond acceptors (Lipinski definition) is 6. The number of benzene rings is 2. The number of ether oxygens (including phenoxy) is 1. The second-order valence-corrected chi connectivity index (χ2v) is 6.15. The monoisotopic (exact) mass is 396 g/mol. The van der Waals surface area contributed by atoms with Crippen LogP contribution in [0.3, 0.4) is 0 Å². The van der Waals surface area contributed by atoms with E-state index in [1.165, 1.54) is 13.2 Å². The van der Waals surface area contributed by atoms with Gasteiger partial charge in [0.25, 0.3) is 5.91 Å². The summed E-state index contributed by atoms with van der Waals surface area (Å²) in [4.78, 5) is 24.1. The zero-order chi connectivity index (χ0) is 19.9. The van der Waals surface area contributed by atoms with Crippen molar-refractivity contribution >= 4 is 35.0 Å². The van der Waals surface area contributed by atoms with E-state index in [9.17, 15) is 9.59 Å². The first-order chi connectivity index (χ1) is 13.6. The lowest BCUT2D eigenvalue weighted by molar-refractivity contribution is 0.0601. The number of esters is 1. The smallest absolute Gasteiger partial charge is 0.339 e. The van der Waals surface area contributed by atoms with Crippen LogP contribution in [0, 0.1) is 0 Å². The second kappa shape index (κ2) is 8.96. The second-order valence-electron chi connectivity index (χ2n) is 5.74. The van der Waals surface area contributed by atoms with Crippen molar-refractivity contribution in [2.24, 2.45) is 0 Å². The van der Waals surface area contributed by atoms with Crippen molar-refractivity contribution in [1.29, 1.82) is 0 Å². The summed E-state index contributed by atoms with van der Waals surface area (Å²) >= 11 is 6.08. The molecule has 0 fully saturated rings. The van der Waals surface area contributed by atoms with Gasteiger partial charge in [0.15, 0.2) is 11.5 Å². The summed E-state index contributed by atoms with van der Waals surface area (Å²) < 4.78 is 4.76. The highest BCUT2D eigenvalue weighted by molar-refractivity contribution is 6.31. The summed E-state index contributed by atoms with van der Waals surface area (Å²) in [7, 11) is 1.31. The van der Waals surface area contributed by atoms with Gasteiger partial charge in [-0.1, -0.05) is 41.9 Å². The van der Waals surface area contributed by atoms with Crippen molar-refractivity contribution in [2.75, 3.05) is 12.4 Å². The highest BCUT2D eigenvalue weighted by atomic mass is 35.5. The molecular weight excluding hydrogens is 380 g/mol. The molecule has 0 saturated carbocycles. The van der Waals surface area contributed by atoms with Crippen LogP contribution in [0.5, 0.6) is 0 Å². The summed E-state index contributed by atoms with van der Waals surface area (Å²) in [5.41, 5.74) is 1.87. The van der Waals surface area contributed by atoms with Crippen LogP contribution in [-0.4, -0.2) is 29.2 Å². The molecule has 142 valence electrons. The number of halogens is 1. The average Bonchev–Trinajstić information content (AvgIpc) is 2.73. The van der Waals surface area contributed by atoms with Crippen LogP contribution in [0.2, 0.25) is 5.02 Å². The molecule has 28 heavy (non-hydrogen) atoms. The maximum Gasteiger partial charge on any atom is 0.339 e. The van der Waals surface area contributed by atoms with E-state index in [0.717, 1.165) is 5.56 Å². The Balaban J connectivity index is 1.66. The lowest BCUT2D eigenvalue weighted by atomic mass is 10.2. The highest BCUT2D eigenvalue weighted by Crippen LogP contribution is 2.20. The molecule has 2 aromatic carbocycles. The predicted octanol–water partition coefficient (Wildman–Crippen LogP) is 3.59. The molecule has 3 rings (SSSR count). The van der Waals surface area contributed by atoms with Gasteiger partial charge in [0.05, 0.1) is 18.4 Å². The van der Waals surface area contributed by atoms with Gasteiger partial charge < -0.3 is 15.4 Å². The van der Waals surface area contributed by atoms with E-state index < -0.39 is 5.97 Å². The number of amides is 1. The van der Waals surface area contributed by atoms with E-state index in [1.807, 2.05) is 18.2 Å². The number of nitrogens with one attached hydrogen (secondary N) is 2. The third kappa shape index (κ3) is 4.63. The maximum absolute atomic E-state index is 12.2. The standard InChI is InChI=1S/C20H17ClN4O3/c1-28-20(27)14-7-3-5-9-16(14)23-18-11-10-17(24-25-18)19(26)22-12-13-6-2-4-8-15(13)21/h2-11H,12H2,1H3,(H,22,26)(H,23,25). The number of aromatic nitrogens is 2. The fourth-order valence-electron chi connectivity index (χ4n) is 2.45. The van der Waals surface area contributed by atoms with E-state index in [2.05, 4.69) is 20.8 Å². The Labute approximate surface area is 166 Å². The quantitative estimate of drug-likeness (QED) is 0.618. The third-order valence-electron chi connectivity index (χ3n) is 3.89. The van der Waals surface area contributed by atoms with Crippen LogP contribution < -0.4 is 10.6 Å². The van der Waals surface area contributed by atoms with Crippen molar-refractivity contribution in [3.05, 3.63) is 82.5 Å². The summed E-state index contributed by atoms with van der Waals surface area (Å²) in [6.07, 6.45) is 0. The molecule has 1 amide bonds. The van der Waals surface area contributed by atoms with Gasteiger partial charge >= 0.3 is 5.97 Å². The van der Waals surface area contributed by atoms with Gasteiger partial charge in [0, 0.05) is 11.6 Å². The van der Waals surface area contributed by atoms with Crippen molar-refractivity contribution in [3.8, 4) is 0 Å². The normalized spacial score (nSPS) is 10.2. The van der Waals surface area contributed by atoms with Gasteiger partial charge in [-0.2, -0.15) is 0 Å². The maximum atomic E-state index is 12.2. The average molecular weight is 397 g/mol. The van der Waals surface area contributed by atoms with Crippen molar-refractivity contribution in [2.45, 2.75) is 6.54 Å². The molecule has 8 heteroatoms. The van der Waals surface area contributed by atoms with E-state index in [1.54, 1.807) is 36.4 Å². The first-order valence-electron chi connectivity index (χ1n) is 8.38. The molecule has 3 aromatic rings. The molecule has 0 bridgehead atoms. The highest BCUT2D eigenvalue weighted by Gasteiger charge is 2.13. The molecule has 0 aliphatic carbocycles. The molecule has 0 radical (unpaired) electrons. The van der Waals surface area contributed by atoms with E-state index in [4.69, 9.17) is 16.3 Å². The molecular formula is C20H17ClN4O3. The van der Waals surface area contributed by atoms with Crippen LogP contribution in [0.15, 0.2) is 60.7 Å². The summed E-state index contributed by atoms with van der Waals surface area (Å²) in [6.45, 7) is 0.284. The number of carbonyl (C=O) groups excluding carboxylic acids is 2. The Morgan fingerprint density at radius 2 is 1.75 bits per heavy atom. The van der Waals surface area contributed by atoms with Gasteiger partial charge in [0.2, 0.25) is 0 Å². The Hall–Kier alpha value is -3.45. The fraction of sp³-hybridized carbons (Fsp3) is 0.100. The van der Waals surface area contributed by atoms with Crippen LogP contribution in [0.25, 0.3) is 0 Å². The molecule has 0 aliphatic rings. The summed E-state index contributed by atoms with van der Waals surface area (Å²) in [5.74, 6) is -0.445. The summed E-state index contributed by atoms with van der Waals surface area (Å²) in [6, 6.07) is 17.3. The van der Waals surface area contributed by atoms with E-state index in [0.29, 0.717) is 22.1 Å². The lowest BCUT2D eigenvalue weighted by Gasteiger charge is -2.10. The van der Waals surface area contributed by atoms with Gasteiger partial charge in [-0.3, -0.25) is 4.79 Å². The molecule has 0 atom stereocenters. The minimum Gasteiger partial charge on any atom is -0.465 e. The lowest BCUT2D eigenvalue weighted by Crippen LogP contribution is -2.24. The van der Waals surface area contributed by atoms with Crippen LogP contribution >= 0.6 is 11.6 Å². The molecule has 7 nitrogen and oxygen atoms in total. The molecule has 2 N–H and O–H groups in total. The Bertz CT molecular complexity index is 993. The van der Waals surface area contributed by atoms with Gasteiger partial charge in [0.1, 0.15) is 0 Å². The molecule has 0 unspecified atom stereocenters. The number of methoxy groups -OCH3 is 1. The molecule has 0 aliphatic heterocycles.